The lowest BCUT2D eigenvalue weighted by molar-refractivity contribution is -0.174. The largest absolute Gasteiger partial charge is 0.497 e. The molecule has 133 heavy (non-hydrogen) atoms. The number of ether oxygens (including phenoxy) is 23. The molecule has 10 heterocycles. The van der Waals surface area contributed by atoms with Gasteiger partial charge in [-0.3, -0.25) is 24.2 Å². The third kappa shape index (κ3) is 17.4. The molecule has 1 aliphatic carbocycles. The molecule has 32 heteroatoms. The normalized spacial score (nSPS) is 24.1. The van der Waals surface area contributed by atoms with Crippen molar-refractivity contribution in [3.8, 4) is 126 Å². The number of benzene rings is 9. The summed E-state index contributed by atoms with van der Waals surface area (Å²) >= 11 is 0. The highest BCUT2D eigenvalue weighted by atomic mass is 32.2. The number of carbonyl (C=O) groups excluding carboxylic acids is 3. The number of ketones is 2. The van der Waals surface area contributed by atoms with Crippen LogP contribution in [0.4, 0.5) is 0 Å². The summed E-state index contributed by atoms with van der Waals surface area (Å²) in [6, 6.07) is 42.0. The van der Waals surface area contributed by atoms with E-state index in [0.29, 0.717) is 139 Å². The van der Waals surface area contributed by atoms with Crippen LogP contribution in [0.15, 0.2) is 138 Å². The molecule has 0 amide bonds. The molecule has 0 radical (unpaired) electrons. The molecule has 10 aliphatic heterocycles. The summed E-state index contributed by atoms with van der Waals surface area (Å²) in [5, 5.41) is 0. The maximum absolute atomic E-state index is 13.5. The van der Waals surface area contributed by atoms with Crippen LogP contribution in [0.5, 0.6) is 126 Å². The van der Waals surface area contributed by atoms with Gasteiger partial charge in [0, 0.05) is 114 Å². The fourth-order valence-corrected chi connectivity index (χ4v) is 21.5. The van der Waals surface area contributed by atoms with Crippen LogP contribution in [-0.2, 0) is 28.8 Å². The quantitative estimate of drug-likeness (QED) is 0.0341. The van der Waals surface area contributed by atoms with Crippen LogP contribution in [0, 0.1) is 30.6 Å². The van der Waals surface area contributed by atoms with Gasteiger partial charge in [-0.2, -0.15) is 4.83 Å². The summed E-state index contributed by atoms with van der Waals surface area (Å²) in [5.41, 5.74) is 9.84. The van der Waals surface area contributed by atoms with Gasteiger partial charge in [-0.25, -0.2) is 9.63 Å². The van der Waals surface area contributed by atoms with E-state index in [1.165, 1.54) is 0 Å². The summed E-state index contributed by atoms with van der Waals surface area (Å²) in [4.78, 5) is 47.8. The zero-order chi connectivity index (χ0) is 93.5. The van der Waals surface area contributed by atoms with Crippen molar-refractivity contribution in [1.82, 2.24) is 20.1 Å². The lowest BCUT2D eigenvalue weighted by atomic mass is 9.71. The van der Waals surface area contributed by atoms with Gasteiger partial charge < -0.3 is 109 Å². The lowest BCUT2D eigenvalue weighted by Gasteiger charge is -2.50. The molecular weight excluding hydrogens is 1730 g/mol. The second-order valence-electron chi connectivity index (χ2n) is 34.4. The van der Waals surface area contributed by atoms with E-state index in [2.05, 4.69) is 32.9 Å². The van der Waals surface area contributed by atoms with Crippen molar-refractivity contribution in [2.45, 2.75) is 132 Å². The van der Waals surface area contributed by atoms with E-state index < -0.39 is 39.2 Å². The van der Waals surface area contributed by atoms with Gasteiger partial charge in [0.2, 0.25) is 44.4 Å². The molecule has 11 aliphatic rings. The first-order valence-corrected chi connectivity index (χ1v) is 46.2. The number of hydrogen-bond acceptors (Lipinski definition) is 30. The minimum atomic E-state index is -2.84. The topological polar surface area (TPSA) is 311 Å². The molecule has 31 nitrogen and oxygen atoms in total. The van der Waals surface area contributed by atoms with E-state index in [1.54, 1.807) is 90.2 Å². The first-order chi connectivity index (χ1) is 64.3. The molecule has 13 unspecified atom stereocenters. The molecular formula is C101H114N4O27S. The maximum atomic E-state index is 13.5. The molecule has 9 aromatic rings. The molecule has 13 atom stereocenters. The smallest absolute Gasteiger partial charge is 0.315 e. The zero-order valence-corrected chi connectivity index (χ0v) is 78.4. The van der Waals surface area contributed by atoms with Crippen LogP contribution in [0.25, 0.3) is 0 Å². The Bertz CT molecular complexity index is 5890. The summed E-state index contributed by atoms with van der Waals surface area (Å²) in [5.74, 6) is 15.0. The number of methoxy groups -OCH3 is 10. The Balaban J connectivity index is 0.000000124. The van der Waals surface area contributed by atoms with Crippen molar-refractivity contribution in [3.05, 3.63) is 184 Å². The fraction of sp³-hybridized carbons (Fsp3) is 0.426. The van der Waals surface area contributed by atoms with E-state index in [1.807, 2.05) is 149 Å². The Hall–Kier alpha value is -12.8. The molecule has 1 saturated carbocycles. The predicted octanol–water partition coefficient (Wildman–Crippen LogP) is 15.3. The van der Waals surface area contributed by atoms with Crippen molar-refractivity contribution < 1.29 is 128 Å². The number of nitrogens with zero attached hydrogens (tertiary/aromatic N) is 2. The van der Waals surface area contributed by atoms with Crippen LogP contribution in [0.2, 0.25) is 0 Å². The SMILES string of the molecule is C=S(=O)(NNC1Oc2cc3c(cc2C(c2cc(OC)c(OC)c(OC)c2)C1C)OCO3)c1ccc(C)cc1.CCOC(=O)C1C(c2ccc(OC)cc2)c2cc3c(cc2OC1(C)N1CCCC1)OCO3.COc1cc(C2c3cc4c(cc3OC(C)(N3CCCC3)C2C(C)=O)OCO4)cc(OC)c1OC.COc1cc(C2c3cc4c(cc3OC3CCC(=O)C32)OCO4)cc(OC)c1OC. The van der Waals surface area contributed by atoms with Crippen molar-refractivity contribution >= 4 is 33.1 Å². The van der Waals surface area contributed by atoms with Gasteiger partial charge in [-0.1, -0.05) is 36.8 Å². The summed E-state index contributed by atoms with van der Waals surface area (Å²) in [6.07, 6.45) is 4.79. The molecule has 706 valence electrons. The minimum absolute atomic E-state index is 0.0523. The van der Waals surface area contributed by atoms with Crippen molar-refractivity contribution in [2.24, 2.45) is 23.7 Å². The van der Waals surface area contributed by atoms with Crippen LogP contribution < -0.4 is 114 Å². The lowest BCUT2D eigenvalue weighted by Crippen LogP contribution is -2.61. The van der Waals surface area contributed by atoms with Crippen molar-refractivity contribution in [3.63, 3.8) is 0 Å². The van der Waals surface area contributed by atoms with E-state index in [4.69, 9.17) is 109 Å². The molecule has 3 fully saturated rings. The van der Waals surface area contributed by atoms with Crippen LogP contribution in [0.3, 0.4) is 0 Å². The number of esters is 1. The van der Waals surface area contributed by atoms with Crippen molar-refractivity contribution in [1.29, 1.82) is 0 Å². The number of aryl methyl sites for hydroxylation is 1. The van der Waals surface area contributed by atoms with Crippen LogP contribution in [-0.4, -0.2) is 192 Å². The highest BCUT2D eigenvalue weighted by Gasteiger charge is 2.58. The average Bonchev–Trinajstić information content (AvgIpc) is 1.71. The molecule has 0 aromatic heterocycles. The third-order valence-electron chi connectivity index (χ3n) is 27.0. The Kier molecular flexibility index (Phi) is 26.6. The summed E-state index contributed by atoms with van der Waals surface area (Å²) in [7, 11) is 13.0. The number of likely N-dealkylation sites (tertiary alicyclic amines) is 2. The van der Waals surface area contributed by atoms with Gasteiger partial charge in [-0.05, 0) is 180 Å². The second-order valence-corrected chi connectivity index (χ2v) is 36.4. The number of rotatable bonds is 23. The predicted molar refractivity (Wildman–Crippen MR) is 490 cm³/mol. The van der Waals surface area contributed by atoms with Gasteiger partial charge in [0.05, 0.1) is 99.2 Å². The monoisotopic (exact) mass is 1850 g/mol. The van der Waals surface area contributed by atoms with Gasteiger partial charge in [0.15, 0.2) is 98.2 Å². The Morgan fingerprint density at radius 3 is 1.22 bits per heavy atom. The molecule has 9 aromatic carbocycles. The Labute approximate surface area is 773 Å². The zero-order valence-electron chi connectivity index (χ0n) is 77.6. The number of carbonyl (C=O) groups is 3. The molecule has 2 N–H and O–H groups in total. The van der Waals surface area contributed by atoms with Crippen molar-refractivity contribution in [2.75, 3.05) is 131 Å². The third-order valence-corrected chi connectivity index (χ3v) is 28.5. The highest BCUT2D eigenvalue weighted by Crippen LogP contribution is 2.60. The standard InChI is InChI=1S/C28H32N2O7S.C26H31NO7.C25H29NO6.C22H22O7/c1-16-7-9-19(10-8-16)38(6,31)30-29-28-17(2)26(18-11-24(32-3)27(34-5)25(12-18)33-4)20-13-22-23(36-15-35-22)14-21(20)37-28;1-15(28)24-23(16-10-21(29-3)25(31-5)22(11-16)30-4)17-12-19-20(33-14-32-19)13-18(17)34-26(24,2)27-8-6-7-9-27;1-4-29-24(27)23-22(16-7-9-17(28-3)10-8-16)18-13-20-21(31-15-30-20)14-19(18)32-25(23,2)26-11-5-6-12-26;1-24-18-6-11(7-19(25-2)22(18)26-3)20-12-8-16-17(28-10-27-16)9-15(12)29-14-5-4-13(23)21(14)20/h7-14,17,26,28-29H,6,15H2,1-5H3,(H,30,31);10-13,23-24H,6-9,14H2,1-5H3;7-10,13-14,22-23H,4-6,11-12,15H2,1-3H3;6-9,14,20-21H,4-5,10H2,1-3H3. The van der Waals surface area contributed by atoms with Gasteiger partial charge in [0.1, 0.15) is 52.3 Å². The van der Waals surface area contributed by atoms with E-state index in [-0.39, 0.29) is 86.3 Å². The fourth-order valence-electron chi connectivity index (χ4n) is 20.5. The maximum Gasteiger partial charge on any atom is 0.315 e. The van der Waals surface area contributed by atoms with Gasteiger partial charge >= 0.3 is 5.97 Å². The molecule has 2 saturated heterocycles. The highest BCUT2D eigenvalue weighted by molar-refractivity contribution is 7.98. The number of nitrogens with one attached hydrogen (secondary N) is 2. The van der Waals surface area contributed by atoms with E-state index in [0.717, 1.165) is 113 Å². The Morgan fingerprint density at radius 2 is 0.820 bits per heavy atom. The Morgan fingerprint density at radius 1 is 0.451 bits per heavy atom. The van der Waals surface area contributed by atoms with Crippen LogP contribution in [0.1, 0.15) is 147 Å². The molecule has 0 bridgehead atoms. The van der Waals surface area contributed by atoms with E-state index >= 15 is 0 Å². The van der Waals surface area contributed by atoms with Gasteiger partial charge in [-0.15, -0.1) is 0 Å². The number of hydrogen-bond donors (Lipinski definition) is 2. The first-order valence-electron chi connectivity index (χ1n) is 44.5. The number of Topliss-reactive ketones (excluding diaryl/α,β-unsaturated/α-hetero) is 2. The summed E-state index contributed by atoms with van der Waals surface area (Å²) < 4.78 is 145. The first kappa shape index (κ1) is 92.1. The second kappa shape index (κ2) is 38.4. The van der Waals surface area contributed by atoms with Gasteiger partial charge in [0.25, 0.3) is 0 Å². The number of hydrazine groups is 1. The molecule has 20 rings (SSSR count). The average molecular weight is 1850 g/mol. The number of fused-ring (bicyclic) bond motifs is 9. The van der Waals surface area contributed by atoms with E-state index in [9.17, 15) is 18.6 Å². The minimum Gasteiger partial charge on any atom is -0.497 e. The molecule has 0 spiro atoms. The summed E-state index contributed by atoms with van der Waals surface area (Å²) in [6.45, 7) is 16.0. The van der Waals surface area contributed by atoms with Crippen LogP contribution >= 0.6 is 0 Å².